The molecule has 84 valence electrons. The maximum atomic E-state index is 5.96. The zero-order chi connectivity index (χ0) is 11.5. The van der Waals surface area contributed by atoms with Crippen LogP contribution in [0.3, 0.4) is 0 Å². The number of rotatable bonds is 3. The lowest BCUT2D eigenvalue weighted by Crippen LogP contribution is -2.20. The summed E-state index contributed by atoms with van der Waals surface area (Å²) >= 11 is 1.69. The molecule has 0 amide bonds. The van der Waals surface area contributed by atoms with Crippen molar-refractivity contribution in [3.8, 4) is 0 Å². The van der Waals surface area contributed by atoms with Crippen LogP contribution >= 0.6 is 11.3 Å². The highest BCUT2D eigenvalue weighted by Gasteiger charge is 2.17. The fourth-order valence-electron chi connectivity index (χ4n) is 1.88. The predicted octanol–water partition coefficient (Wildman–Crippen LogP) is 2.34. The van der Waals surface area contributed by atoms with Crippen LogP contribution in [-0.2, 0) is 0 Å². The van der Waals surface area contributed by atoms with E-state index in [4.69, 9.17) is 5.73 Å². The number of aromatic nitrogens is 1. The van der Waals surface area contributed by atoms with Crippen molar-refractivity contribution < 1.29 is 0 Å². The minimum absolute atomic E-state index is 0.125. The summed E-state index contributed by atoms with van der Waals surface area (Å²) in [5.41, 5.74) is 9.43. The van der Waals surface area contributed by atoms with Gasteiger partial charge in [-0.3, -0.25) is 0 Å². The van der Waals surface area contributed by atoms with Crippen LogP contribution in [-0.4, -0.2) is 12.0 Å². The van der Waals surface area contributed by atoms with E-state index in [1.165, 1.54) is 5.56 Å². The van der Waals surface area contributed by atoms with E-state index < -0.39 is 0 Å². The molecule has 2 heterocycles. The molecule has 0 saturated heterocycles. The van der Waals surface area contributed by atoms with Gasteiger partial charge in [0.2, 0.25) is 0 Å². The van der Waals surface area contributed by atoms with E-state index in [0.717, 1.165) is 11.1 Å². The normalized spacial score (nSPS) is 12.6. The summed E-state index contributed by atoms with van der Waals surface area (Å²) in [6, 6.07) is 4.22. The number of pyridine rings is 1. The Balaban J connectivity index is 2.49. The monoisotopic (exact) mass is 233 g/mol. The Hall–Kier alpha value is -1.39. The van der Waals surface area contributed by atoms with Crippen LogP contribution in [0.25, 0.3) is 0 Å². The second-order valence-corrected chi connectivity index (χ2v) is 4.49. The second-order valence-electron chi connectivity index (χ2n) is 3.71. The lowest BCUT2D eigenvalue weighted by Gasteiger charge is -2.19. The number of aryl methyl sites for hydroxylation is 1. The summed E-state index contributed by atoms with van der Waals surface area (Å²) in [6.07, 6.45) is 1.74. The Morgan fingerprint density at radius 1 is 1.44 bits per heavy atom. The number of nitrogens with two attached hydrogens (primary N) is 1. The van der Waals surface area contributed by atoms with Gasteiger partial charge in [-0.2, -0.15) is 11.3 Å². The first-order valence-electron chi connectivity index (χ1n) is 5.14. The third-order valence-electron chi connectivity index (χ3n) is 2.69. The molecule has 0 spiro atoms. The first-order chi connectivity index (χ1) is 7.74. The number of thiophene rings is 1. The molecule has 0 radical (unpaired) electrons. The van der Waals surface area contributed by atoms with Gasteiger partial charge in [0.05, 0.1) is 6.04 Å². The van der Waals surface area contributed by atoms with Crippen molar-refractivity contribution >= 4 is 17.2 Å². The van der Waals surface area contributed by atoms with E-state index in [9.17, 15) is 0 Å². The Morgan fingerprint density at radius 3 is 2.81 bits per heavy atom. The van der Waals surface area contributed by atoms with Gasteiger partial charge in [-0.1, -0.05) is 0 Å². The van der Waals surface area contributed by atoms with Crippen LogP contribution in [0, 0.1) is 6.92 Å². The third-order valence-corrected chi connectivity index (χ3v) is 3.39. The molecule has 0 fully saturated rings. The van der Waals surface area contributed by atoms with Gasteiger partial charge in [-0.05, 0) is 48.0 Å². The molecule has 0 aliphatic rings. The van der Waals surface area contributed by atoms with E-state index in [1.54, 1.807) is 17.5 Å². The molecule has 2 rings (SSSR count). The van der Waals surface area contributed by atoms with Crippen LogP contribution < -0.4 is 11.1 Å². The SMILES string of the molecule is CNC(c1ccsc1)c1c(C)ccnc1N. The number of hydrogen-bond acceptors (Lipinski definition) is 4. The van der Waals surface area contributed by atoms with Gasteiger partial charge in [0, 0.05) is 11.8 Å². The molecule has 3 nitrogen and oxygen atoms in total. The van der Waals surface area contributed by atoms with Crippen molar-refractivity contribution in [2.24, 2.45) is 0 Å². The predicted molar refractivity (Wildman–Crippen MR) is 68.6 cm³/mol. The maximum Gasteiger partial charge on any atom is 0.128 e. The van der Waals surface area contributed by atoms with Crippen molar-refractivity contribution in [2.45, 2.75) is 13.0 Å². The zero-order valence-corrected chi connectivity index (χ0v) is 10.2. The largest absolute Gasteiger partial charge is 0.383 e. The van der Waals surface area contributed by atoms with E-state index in [-0.39, 0.29) is 6.04 Å². The molecule has 4 heteroatoms. The van der Waals surface area contributed by atoms with Gasteiger partial charge in [-0.25, -0.2) is 4.98 Å². The van der Waals surface area contributed by atoms with E-state index in [2.05, 4.69) is 34.1 Å². The second kappa shape index (κ2) is 4.63. The molecule has 16 heavy (non-hydrogen) atoms. The van der Waals surface area contributed by atoms with Crippen molar-refractivity contribution in [1.29, 1.82) is 0 Å². The average Bonchev–Trinajstić information content (AvgIpc) is 2.77. The summed E-state index contributed by atoms with van der Waals surface area (Å²) < 4.78 is 0. The quantitative estimate of drug-likeness (QED) is 0.855. The molecule has 1 atom stereocenters. The van der Waals surface area contributed by atoms with Crippen LogP contribution in [0.5, 0.6) is 0 Å². The number of anilines is 1. The molecule has 0 saturated carbocycles. The van der Waals surface area contributed by atoms with Crippen molar-refractivity contribution in [3.05, 3.63) is 45.8 Å². The van der Waals surface area contributed by atoms with Gasteiger partial charge in [0.15, 0.2) is 0 Å². The summed E-state index contributed by atoms with van der Waals surface area (Å²) in [6.45, 7) is 2.06. The van der Waals surface area contributed by atoms with E-state index in [1.807, 2.05) is 13.1 Å². The number of hydrogen-bond donors (Lipinski definition) is 2. The first kappa shape index (κ1) is 11.1. The summed E-state index contributed by atoms with van der Waals surface area (Å²) in [7, 11) is 1.94. The first-order valence-corrected chi connectivity index (χ1v) is 6.08. The van der Waals surface area contributed by atoms with Crippen LogP contribution in [0.15, 0.2) is 29.1 Å². The number of nitrogen functional groups attached to an aromatic ring is 1. The highest BCUT2D eigenvalue weighted by molar-refractivity contribution is 7.08. The Morgan fingerprint density at radius 2 is 2.25 bits per heavy atom. The molecular formula is C12H15N3S. The van der Waals surface area contributed by atoms with Crippen molar-refractivity contribution in [3.63, 3.8) is 0 Å². The molecule has 2 aromatic rings. The van der Waals surface area contributed by atoms with Crippen LogP contribution in [0.4, 0.5) is 5.82 Å². The molecule has 1 unspecified atom stereocenters. The van der Waals surface area contributed by atoms with Gasteiger partial charge in [0.1, 0.15) is 5.82 Å². The highest BCUT2D eigenvalue weighted by Crippen LogP contribution is 2.29. The highest BCUT2D eigenvalue weighted by atomic mass is 32.1. The number of nitrogens with zero attached hydrogens (tertiary/aromatic N) is 1. The number of nitrogens with one attached hydrogen (secondary N) is 1. The van der Waals surface area contributed by atoms with Gasteiger partial charge in [-0.15, -0.1) is 0 Å². The molecule has 0 aromatic carbocycles. The average molecular weight is 233 g/mol. The summed E-state index contributed by atoms with van der Waals surface area (Å²) in [5, 5.41) is 7.49. The topological polar surface area (TPSA) is 50.9 Å². The minimum Gasteiger partial charge on any atom is -0.383 e. The molecule has 0 aliphatic heterocycles. The maximum absolute atomic E-state index is 5.96. The van der Waals surface area contributed by atoms with Crippen molar-refractivity contribution in [1.82, 2.24) is 10.3 Å². The van der Waals surface area contributed by atoms with Gasteiger partial charge in [0.25, 0.3) is 0 Å². The third kappa shape index (κ3) is 1.94. The molecular weight excluding hydrogens is 218 g/mol. The molecule has 3 N–H and O–H groups in total. The molecule has 0 bridgehead atoms. The Labute approximate surface area is 99.3 Å². The van der Waals surface area contributed by atoms with Crippen LogP contribution in [0.1, 0.15) is 22.7 Å². The lowest BCUT2D eigenvalue weighted by molar-refractivity contribution is 0.689. The smallest absolute Gasteiger partial charge is 0.128 e. The van der Waals surface area contributed by atoms with Gasteiger partial charge < -0.3 is 11.1 Å². The Kier molecular flexibility index (Phi) is 3.22. The van der Waals surface area contributed by atoms with E-state index >= 15 is 0 Å². The zero-order valence-electron chi connectivity index (χ0n) is 9.40. The molecule has 2 aromatic heterocycles. The standard InChI is InChI=1S/C12H15N3S/c1-8-3-5-15-12(13)10(8)11(14-2)9-4-6-16-7-9/h3-7,11,14H,1-2H3,(H2,13,15). The summed E-state index contributed by atoms with van der Waals surface area (Å²) in [4.78, 5) is 4.16. The van der Waals surface area contributed by atoms with Crippen molar-refractivity contribution in [2.75, 3.05) is 12.8 Å². The summed E-state index contributed by atoms with van der Waals surface area (Å²) in [5.74, 6) is 0.602. The minimum atomic E-state index is 0.125. The van der Waals surface area contributed by atoms with Crippen LogP contribution in [0.2, 0.25) is 0 Å². The lowest BCUT2D eigenvalue weighted by atomic mass is 9.98. The fourth-order valence-corrected chi connectivity index (χ4v) is 2.57. The Bertz CT molecular complexity index is 445. The van der Waals surface area contributed by atoms with E-state index in [0.29, 0.717) is 5.82 Å². The molecule has 0 aliphatic carbocycles. The fraction of sp³-hybridized carbons (Fsp3) is 0.250. The van der Waals surface area contributed by atoms with Gasteiger partial charge >= 0.3 is 0 Å².